The Labute approximate surface area is 167 Å². The second-order valence-corrected chi connectivity index (χ2v) is 6.32. The number of hydrogen-bond donors (Lipinski definition) is 8. The molecule has 0 saturated heterocycles. The van der Waals surface area contributed by atoms with Crippen LogP contribution in [0.2, 0.25) is 0 Å². The maximum Gasteiger partial charge on any atom is 0.326 e. The molecule has 0 heterocycles. The largest absolute Gasteiger partial charge is 0.480 e. The summed E-state index contributed by atoms with van der Waals surface area (Å²) in [6.07, 6.45) is 1.22. The lowest BCUT2D eigenvalue weighted by atomic mass is 10.1. The van der Waals surface area contributed by atoms with Crippen LogP contribution in [0.5, 0.6) is 0 Å². The molecule has 11 N–H and O–H groups in total. The molecule has 3 unspecified atom stereocenters. The van der Waals surface area contributed by atoms with Gasteiger partial charge in [-0.3, -0.25) is 19.2 Å². The van der Waals surface area contributed by atoms with E-state index in [1.807, 2.05) is 0 Å². The van der Waals surface area contributed by atoms with Gasteiger partial charge in [0.25, 0.3) is 0 Å². The summed E-state index contributed by atoms with van der Waals surface area (Å²) in [6, 6.07) is -3.57. The molecular weight excluding hydrogens is 388 g/mol. The first kappa shape index (κ1) is 26.2. The van der Waals surface area contributed by atoms with Gasteiger partial charge in [0.2, 0.25) is 23.6 Å². The van der Waals surface area contributed by atoms with Crippen molar-refractivity contribution in [3.63, 3.8) is 0 Å². The Morgan fingerprint density at radius 2 is 1.59 bits per heavy atom. The molecule has 13 nitrogen and oxygen atoms in total. The van der Waals surface area contributed by atoms with Gasteiger partial charge in [-0.05, 0) is 25.8 Å². The van der Waals surface area contributed by atoms with Crippen LogP contribution in [-0.4, -0.2) is 77.6 Å². The molecule has 0 aromatic heterocycles. The molecule has 0 saturated carbocycles. The maximum atomic E-state index is 12.0. The number of hydrogen-bond acceptors (Lipinski definition) is 8. The van der Waals surface area contributed by atoms with Crippen LogP contribution in [0.3, 0.4) is 0 Å². The summed E-state index contributed by atoms with van der Waals surface area (Å²) in [7, 11) is 0. The third-order valence-corrected chi connectivity index (χ3v) is 3.86. The van der Waals surface area contributed by atoms with Crippen molar-refractivity contribution < 1.29 is 34.2 Å². The first-order valence-electron chi connectivity index (χ1n) is 9.07. The van der Waals surface area contributed by atoms with E-state index in [1.54, 1.807) is 0 Å². The van der Waals surface area contributed by atoms with Crippen LogP contribution >= 0.6 is 0 Å². The second-order valence-electron chi connectivity index (χ2n) is 6.32. The van der Waals surface area contributed by atoms with Gasteiger partial charge in [-0.15, -0.1) is 0 Å². The van der Waals surface area contributed by atoms with Crippen molar-refractivity contribution in [1.82, 2.24) is 16.0 Å². The van der Waals surface area contributed by atoms with Crippen molar-refractivity contribution >= 4 is 29.6 Å². The minimum atomic E-state index is -1.37. The number of aliphatic carboxylic acids is 1. The number of nitrogens with two attached hydrogens (primary N) is 3. The maximum absolute atomic E-state index is 12.0. The highest BCUT2D eigenvalue weighted by Gasteiger charge is 2.24. The van der Waals surface area contributed by atoms with Gasteiger partial charge in [-0.2, -0.15) is 0 Å². The lowest BCUT2D eigenvalue weighted by molar-refractivity contribution is -0.142. The summed E-state index contributed by atoms with van der Waals surface area (Å²) in [5.41, 5.74) is 16.0. The summed E-state index contributed by atoms with van der Waals surface area (Å²) < 4.78 is 0. The monoisotopic (exact) mass is 418 g/mol. The van der Waals surface area contributed by atoms with Crippen molar-refractivity contribution in [3.8, 4) is 0 Å². The molecule has 4 amide bonds. The van der Waals surface area contributed by atoms with Crippen LogP contribution in [-0.2, 0) is 24.0 Å². The lowest BCUT2D eigenvalue weighted by Crippen LogP contribution is -2.54. The van der Waals surface area contributed by atoms with E-state index in [0.29, 0.717) is 25.8 Å². The predicted octanol–water partition coefficient (Wildman–Crippen LogP) is -4.13. The number of carboxylic acids is 1. The standard InChI is InChI=1S/C16H30N6O7/c17-6-2-1-3-9(18)14(26)22-11(8-23)15(27)20-7-13(25)21-10(16(28)29)4-5-12(19)24/h9-11,23H,1-8,17-18H2,(H2,19,24)(H,20,27)(H,21,25)(H,22,26)(H,28,29). The molecular formula is C16H30N6O7. The fraction of sp³-hybridized carbons (Fsp3) is 0.688. The van der Waals surface area contributed by atoms with E-state index in [9.17, 15) is 29.1 Å². The number of unbranched alkanes of at least 4 members (excludes halogenated alkanes) is 1. The average Bonchev–Trinajstić information content (AvgIpc) is 2.66. The number of primary amides is 1. The number of carboxylic acid groups (broad SMARTS) is 1. The van der Waals surface area contributed by atoms with Crippen LogP contribution in [0.4, 0.5) is 0 Å². The normalized spacial score (nSPS) is 13.6. The minimum Gasteiger partial charge on any atom is -0.480 e. The number of carbonyl (C=O) groups is 5. The van der Waals surface area contributed by atoms with Crippen molar-refractivity contribution in [2.75, 3.05) is 19.7 Å². The molecule has 0 spiro atoms. The molecule has 29 heavy (non-hydrogen) atoms. The van der Waals surface area contributed by atoms with E-state index in [1.165, 1.54) is 0 Å². The Morgan fingerprint density at radius 1 is 0.931 bits per heavy atom. The molecule has 0 aliphatic carbocycles. The zero-order valence-corrected chi connectivity index (χ0v) is 16.1. The van der Waals surface area contributed by atoms with Gasteiger partial charge < -0.3 is 43.4 Å². The van der Waals surface area contributed by atoms with Gasteiger partial charge in [-0.1, -0.05) is 6.42 Å². The van der Waals surface area contributed by atoms with Crippen LogP contribution in [0.1, 0.15) is 32.1 Å². The molecule has 0 rings (SSSR count). The highest BCUT2D eigenvalue weighted by atomic mass is 16.4. The Bertz CT molecular complexity index is 586. The first-order chi connectivity index (χ1) is 13.6. The lowest BCUT2D eigenvalue weighted by Gasteiger charge is -2.19. The van der Waals surface area contributed by atoms with Crippen molar-refractivity contribution in [1.29, 1.82) is 0 Å². The molecule has 0 fully saturated rings. The third-order valence-electron chi connectivity index (χ3n) is 3.86. The predicted molar refractivity (Wildman–Crippen MR) is 101 cm³/mol. The Kier molecular flexibility index (Phi) is 12.9. The minimum absolute atomic E-state index is 0.207. The summed E-state index contributed by atoms with van der Waals surface area (Å²) in [5.74, 6) is -4.42. The number of aliphatic hydroxyl groups is 1. The highest BCUT2D eigenvalue weighted by molar-refractivity contribution is 5.92. The summed E-state index contributed by atoms with van der Waals surface area (Å²) in [5, 5.41) is 24.9. The highest BCUT2D eigenvalue weighted by Crippen LogP contribution is 1.99. The Balaban J connectivity index is 4.51. The summed E-state index contributed by atoms with van der Waals surface area (Å²) in [4.78, 5) is 57.6. The SMILES string of the molecule is NCCCCC(N)C(=O)NC(CO)C(=O)NCC(=O)NC(CCC(N)=O)C(=O)O. The van der Waals surface area contributed by atoms with E-state index < -0.39 is 60.9 Å². The number of carbonyl (C=O) groups excluding carboxylic acids is 4. The van der Waals surface area contributed by atoms with Gasteiger partial charge >= 0.3 is 5.97 Å². The van der Waals surface area contributed by atoms with E-state index in [2.05, 4.69) is 16.0 Å². The molecule has 13 heteroatoms. The molecule has 0 radical (unpaired) electrons. The number of amides is 4. The van der Waals surface area contributed by atoms with Gasteiger partial charge in [-0.25, -0.2) is 4.79 Å². The molecule has 0 aliphatic heterocycles. The first-order valence-corrected chi connectivity index (χ1v) is 9.07. The van der Waals surface area contributed by atoms with Crippen LogP contribution < -0.4 is 33.2 Å². The quantitative estimate of drug-likeness (QED) is 0.120. The van der Waals surface area contributed by atoms with E-state index >= 15 is 0 Å². The molecule has 0 aromatic carbocycles. The fourth-order valence-corrected chi connectivity index (χ4v) is 2.19. The number of nitrogens with one attached hydrogen (secondary N) is 3. The number of rotatable bonds is 15. The van der Waals surface area contributed by atoms with Gasteiger partial charge in [0.1, 0.15) is 12.1 Å². The average molecular weight is 418 g/mol. The molecule has 3 atom stereocenters. The Morgan fingerprint density at radius 3 is 2.10 bits per heavy atom. The smallest absolute Gasteiger partial charge is 0.326 e. The van der Waals surface area contributed by atoms with E-state index in [4.69, 9.17) is 22.3 Å². The number of aliphatic hydroxyl groups excluding tert-OH is 1. The Hall–Kier alpha value is -2.77. The third kappa shape index (κ3) is 11.6. The van der Waals surface area contributed by atoms with Gasteiger partial charge in [0.05, 0.1) is 19.2 Å². The van der Waals surface area contributed by atoms with Crippen molar-refractivity contribution in [3.05, 3.63) is 0 Å². The zero-order chi connectivity index (χ0) is 22.4. The topological polar surface area (TPSA) is 240 Å². The van der Waals surface area contributed by atoms with Crippen LogP contribution in [0, 0.1) is 0 Å². The molecule has 0 aliphatic rings. The summed E-state index contributed by atoms with van der Waals surface area (Å²) >= 11 is 0. The van der Waals surface area contributed by atoms with Crippen molar-refractivity contribution in [2.24, 2.45) is 17.2 Å². The molecule has 166 valence electrons. The zero-order valence-electron chi connectivity index (χ0n) is 16.1. The van der Waals surface area contributed by atoms with Crippen molar-refractivity contribution in [2.45, 2.75) is 50.2 Å². The van der Waals surface area contributed by atoms with Crippen LogP contribution in [0.25, 0.3) is 0 Å². The van der Waals surface area contributed by atoms with E-state index in [-0.39, 0.29) is 12.8 Å². The second kappa shape index (κ2) is 14.3. The van der Waals surface area contributed by atoms with E-state index in [0.717, 1.165) is 0 Å². The molecule has 0 bridgehead atoms. The van der Waals surface area contributed by atoms with Gasteiger partial charge in [0, 0.05) is 6.42 Å². The van der Waals surface area contributed by atoms with Gasteiger partial charge in [0.15, 0.2) is 0 Å². The summed E-state index contributed by atoms with van der Waals surface area (Å²) in [6.45, 7) is -0.872. The van der Waals surface area contributed by atoms with Crippen LogP contribution in [0.15, 0.2) is 0 Å². The molecule has 0 aromatic rings. The fourth-order valence-electron chi connectivity index (χ4n) is 2.19.